The van der Waals surface area contributed by atoms with Crippen LogP contribution in [0.15, 0.2) is 30.6 Å². The predicted octanol–water partition coefficient (Wildman–Crippen LogP) is 2.37. The van der Waals surface area contributed by atoms with Crippen LogP contribution in [-0.4, -0.2) is 28.5 Å². The summed E-state index contributed by atoms with van der Waals surface area (Å²) in [6.45, 7) is 1.20. The normalized spacial score (nSPS) is 10.1. The Balaban J connectivity index is 1.89. The molecule has 6 nitrogen and oxygen atoms in total. The number of rotatable bonds is 4. The van der Waals surface area contributed by atoms with Crippen LogP contribution in [0.5, 0.6) is 0 Å². The Morgan fingerprint density at radius 3 is 2.73 bits per heavy atom. The van der Waals surface area contributed by atoms with Crippen molar-refractivity contribution in [3.63, 3.8) is 0 Å². The van der Waals surface area contributed by atoms with E-state index in [1.165, 1.54) is 18.5 Å². The lowest BCUT2D eigenvalue weighted by molar-refractivity contribution is -0.119. The Bertz CT molecular complexity index is 707. The molecule has 2 rings (SSSR count). The summed E-state index contributed by atoms with van der Waals surface area (Å²) < 4.78 is 17.7. The van der Waals surface area contributed by atoms with Crippen molar-refractivity contribution >= 4 is 29.2 Å². The zero-order valence-electron chi connectivity index (χ0n) is 11.5. The van der Waals surface area contributed by atoms with E-state index in [0.29, 0.717) is 5.69 Å². The van der Waals surface area contributed by atoms with Gasteiger partial charge in [-0.15, -0.1) is 0 Å². The van der Waals surface area contributed by atoms with E-state index in [2.05, 4.69) is 15.3 Å². The molecule has 22 heavy (non-hydrogen) atoms. The molecule has 1 aromatic heterocycles. The van der Waals surface area contributed by atoms with Crippen molar-refractivity contribution in [3.05, 3.63) is 52.8 Å². The molecule has 0 saturated heterocycles. The van der Waals surface area contributed by atoms with Crippen molar-refractivity contribution in [2.24, 2.45) is 0 Å². The highest BCUT2D eigenvalue weighted by Crippen LogP contribution is 2.22. The number of carbonyl (C=O) groups excluding carboxylic acids is 2. The fourth-order valence-corrected chi connectivity index (χ4v) is 1.69. The molecule has 0 atom stereocenters. The predicted molar refractivity (Wildman–Crippen MR) is 77.1 cm³/mol. The third kappa shape index (κ3) is 4.23. The van der Waals surface area contributed by atoms with Gasteiger partial charge in [0.25, 0.3) is 5.91 Å². The largest absolute Gasteiger partial charge is 0.451 e. The Morgan fingerprint density at radius 2 is 2.09 bits per heavy atom. The van der Waals surface area contributed by atoms with Crippen LogP contribution in [0.25, 0.3) is 0 Å². The summed E-state index contributed by atoms with van der Waals surface area (Å²) in [7, 11) is 0. The molecule has 2 aromatic rings. The number of anilines is 1. The molecule has 8 heteroatoms. The van der Waals surface area contributed by atoms with Crippen molar-refractivity contribution in [3.8, 4) is 0 Å². The summed E-state index contributed by atoms with van der Waals surface area (Å²) in [5, 5.41) is 2.45. The summed E-state index contributed by atoms with van der Waals surface area (Å²) in [5.74, 6) is -1.90. The molecule has 0 unspecified atom stereocenters. The fraction of sp³-hybridized carbons (Fsp3) is 0.143. The molecule has 0 radical (unpaired) electrons. The second-order valence-electron chi connectivity index (χ2n) is 4.29. The first-order valence-corrected chi connectivity index (χ1v) is 6.54. The summed E-state index contributed by atoms with van der Waals surface area (Å²) in [6.07, 6.45) is 2.67. The van der Waals surface area contributed by atoms with E-state index in [1.54, 1.807) is 6.92 Å². The van der Waals surface area contributed by atoms with Crippen LogP contribution in [0.3, 0.4) is 0 Å². The van der Waals surface area contributed by atoms with Gasteiger partial charge in [-0.3, -0.25) is 9.78 Å². The first-order valence-electron chi connectivity index (χ1n) is 6.16. The van der Waals surface area contributed by atoms with E-state index in [-0.39, 0.29) is 16.4 Å². The maximum atomic E-state index is 12.9. The minimum atomic E-state index is -0.771. The smallest absolute Gasteiger partial charge is 0.359 e. The molecule has 0 aliphatic rings. The zero-order valence-corrected chi connectivity index (χ0v) is 12.2. The average molecular weight is 324 g/mol. The van der Waals surface area contributed by atoms with E-state index in [9.17, 15) is 14.0 Å². The highest BCUT2D eigenvalue weighted by molar-refractivity contribution is 6.33. The van der Waals surface area contributed by atoms with Gasteiger partial charge in [-0.25, -0.2) is 14.2 Å². The first kappa shape index (κ1) is 15.8. The highest BCUT2D eigenvalue weighted by Gasteiger charge is 2.13. The standard InChI is InChI=1S/C14H11ClFN3O3/c1-8-5-18-12(6-17-8)14(21)22-7-13(20)19-11-3-2-9(16)4-10(11)15/h2-6H,7H2,1H3,(H,19,20). The lowest BCUT2D eigenvalue weighted by atomic mass is 10.3. The molecule has 0 spiro atoms. The Labute approximate surface area is 130 Å². The van der Waals surface area contributed by atoms with Crippen LogP contribution in [0.4, 0.5) is 10.1 Å². The Kier molecular flexibility index (Phi) is 5.00. The molecule has 1 amide bonds. The Hall–Kier alpha value is -2.54. The summed E-state index contributed by atoms with van der Waals surface area (Å²) in [5.41, 5.74) is 0.873. The summed E-state index contributed by atoms with van der Waals surface area (Å²) in [4.78, 5) is 31.0. The maximum Gasteiger partial charge on any atom is 0.359 e. The van der Waals surface area contributed by atoms with E-state index >= 15 is 0 Å². The molecule has 0 aliphatic heterocycles. The van der Waals surface area contributed by atoms with Crippen molar-refractivity contribution in [1.29, 1.82) is 0 Å². The van der Waals surface area contributed by atoms with Crippen LogP contribution in [0.2, 0.25) is 5.02 Å². The number of halogens is 2. The molecular formula is C14H11ClFN3O3. The van der Waals surface area contributed by atoms with Crippen LogP contribution in [-0.2, 0) is 9.53 Å². The fourth-order valence-electron chi connectivity index (χ4n) is 1.48. The van der Waals surface area contributed by atoms with E-state index in [4.69, 9.17) is 16.3 Å². The van der Waals surface area contributed by atoms with Gasteiger partial charge in [-0.1, -0.05) is 11.6 Å². The van der Waals surface area contributed by atoms with Gasteiger partial charge in [-0.05, 0) is 25.1 Å². The van der Waals surface area contributed by atoms with Crippen molar-refractivity contribution in [1.82, 2.24) is 9.97 Å². The van der Waals surface area contributed by atoms with Gasteiger partial charge in [0.15, 0.2) is 12.3 Å². The number of esters is 1. The van der Waals surface area contributed by atoms with Crippen LogP contribution >= 0.6 is 11.6 Å². The quantitative estimate of drug-likeness (QED) is 0.874. The lowest BCUT2D eigenvalue weighted by Gasteiger charge is -2.07. The number of amides is 1. The Morgan fingerprint density at radius 1 is 1.32 bits per heavy atom. The molecular weight excluding hydrogens is 313 g/mol. The third-order valence-electron chi connectivity index (χ3n) is 2.53. The molecule has 114 valence electrons. The van der Waals surface area contributed by atoms with E-state index in [1.807, 2.05) is 0 Å². The van der Waals surface area contributed by atoms with Crippen molar-refractivity contribution in [2.75, 3.05) is 11.9 Å². The minimum absolute atomic E-state index is 0.00165. The second-order valence-corrected chi connectivity index (χ2v) is 4.70. The molecule has 1 N–H and O–H groups in total. The van der Waals surface area contributed by atoms with Crippen molar-refractivity contribution < 1.29 is 18.7 Å². The number of benzene rings is 1. The first-order chi connectivity index (χ1) is 10.5. The monoisotopic (exact) mass is 323 g/mol. The SMILES string of the molecule is Cc1cnc(C(=O)OCC(=O)Nc2ccc(F)cc2Cl)cn1. The molecule has 0 fully saturated rings. The summed E-state index contributed by atoms with van der Waals surface area (Å²) in [6, 6.07) is 3.52. The average Bonchev–Trinajstić information content (AvgIpc) is 2.48. The molecule has 1 aromatic carbocycles. The topological polar surface area (TPSA) is 81.2 Å². The van der Waals surface area contributed by atoms with E-state index < -0.39 is 24.3 Å². The van der Waals surface area contributed by atoms with Crippen LogP contribution in [0.1, 0.15) is 16.2 Å². The van der Waals surface area contributed by atoms with Gasteiger partial charge in [-0.2, -0.15) is 0 Å². The molecule has 1 heterocycles. The van der Waals surface area contributed by atoms with Gasteiger partial charge in [0.05, 0.1) is 22.6 Å². The number of ether oxygens (including phenoxy) is 1. The van der Waals surface area contributed by atoms with Gasteiger partial charge in [0.1, 0.15) is 5.82 Å². The molecule has 0 aliphatic carbocycles. The number of nitrogens with zero attached hydrogens (tertiary/aromatic N) is 2. The van der Waals surface area contributed by atoms with Crippen LogP contribution < -0.4 is 5.32 Å². The molecule has 0 saturated carbocycles. The molecule has 0 bridgehead atoms. The zero-order chi connectivity index (χ0) is 16.1. The second kappa shape index (κ2) is 6.95. The number of hydrogen-bond donors (Lipinski definition) is 1. The number of aryl methyl sites for hydroxylation is 1. The van der Waals surface area contributed by atoms with Gasteiger partial charge < -0.3 is 10.1 Å². The number of carbonyl (C=O) groups is 2. The van der Waals surface area contributed by atoms with E-state index in [0.717, 1.165) is 12.1 Å². The van der Waals surface area contributed by atoms with Gasteiger partial charge >= 0.3 is 5.97 Å². The maximum absolute atomic E-state index is 12.9. The number of nitrogens with one attached hydrogen (secondary N) is 1. The number of hydrogen-bond acceptors (Lipinski definition) is 5. The number of aromatic nitrogens is 2. The highest BCUT2D eigenvalue weighted by atomic mass is 35.5. The van der Waals surface area contributed by atoms with Crippen LogP contribution in [0, 0.1) is 12.7 Å². The van der Waals surface area contributed by atoms with Gasteiger partial charge in [0, 0.05) is 6.20 Å². The minimum Gasteiger partial charge on any atom is -0.451 e. The van der Waals surface area contributed by atoms with Crippen molar-refractivity contribution in [2.45, 2.75) is 6.92 Å². The lowest BCUT2D eigenvalue weighted by Crippen LogP contribution is -2.21. The van der Waals surface area contributed by atoms with Gasteiger partial charge in [0.2, 0.25) is 0 Å². The summed E-state index contributed by atoms with van der Waals surface area (Å²) >= 11 is 5.77. The third-order valence-corrected chi connectivity index (χ3v) is 2.84.